The molecule has 1 aromatic carbocycles. The standard InChI is InChI=1S/C13H19N3O2S/c1-9(16-19(17,18)13(2,3)4)12-14-10-7-5-6-8-11(10)15-12/h5-9,16H,1-4H3,(H,14,15). The maximum Gasteiger partial charge on any atom is 0.217 e. The molecule has 0 aliphatic carbocycles. The van der Waals surface area contributed by atoms with Gasteiger partial charge in [-0.05, 0) is 39.8 Å². The van der Waals surface area contributed by atoms with E-state index in [0.717, 1.165) is 11.0 Å². The number of nitrogens with zero attached hydrogens (tertiary/aromatic N) is 1. The van der Waals surface area contributed by atoms with E-state index in [9.17, 15) is 8.42 Å². The molecule has 19 heavy (non-hydrogen) atoms. The summed E-state index contributed by atoms with van der Waals surface area (Å²) in [6, 6.07) is 7.22. The molecule has 0 aliphatic heterocycles. The van der Waals surface area contributed by atoms with E-state index in [2.05, 4.69) is 14.7 Å². The first kappa shape index (κ1) is 14.0. The topological polar surface area (TPSA) is 74.8 Å². The van der Waals surface area contributed by atoms with Gasteiger partial charge in [0.2, 0.25) is 10.0 Å². The SMILES string of the molecule is CC(NS(=O)(=O)C(C)(C)C)c1nc2ccccc2[nH]1. The van der Waals surface area contributed by atoms with Crippen molar-refractivity contribution in [3.05, 3.63) is 30.1 Å². The molecule has 1 aromatic heterocycles. The van der Waals surface area contributed by atoms with Crippen LogP contribution in [0.2, 0.25) is 0 Å². The van der Waals surface area contributed by atoms with Crippen molar-refractivity contribution in [1.82, 2.24) is 14.7 Å². The number of nitrogens with one attached hydrogen (secondary N) is 2. The minimum absolute atomic E-state index is 0.392. The summed E-state index contributed by atoms with van der Waals surface area (Å²) in [6.07, 6.45) is 0. The summed E-state index contributed by atoms with van der Waals surface area (Å²) in [5.41, 5.74) is 1.73. The van der Waals surface area contributed by atoms with Gasteiger partial charge < -0.3 is 4.98 Å². The molecule has 1 heterocycles. The van der Waals surface area contributed by atoms with Crippen molar-refractivity contribution in [3.8, 4) is 0 Å². The number of para-hydroxylation sites is 2. The van der Waals surface area contributed by atoms with Crippen LogP contribution in [-0.2, 0) is 10.0 Å². The molecule has 0 amide bonds. The highest BCUT2D eigenvalue weighted by molar-refractivity contribution is 7.90. The lowest BCUT2D eigenvalue weighted by Crippen LogP contribution is -2.40. The zero-order valence-corrected chi connectivity index (χ0v) is 12.4. The van der Waals surface area contributed by atoms with E-state index in [0.29, 0.717) is 5.82 Å². The highest BCUT2D eigenvalue weighted by atomic mass is 32.2. The van der Waals surface area contributed by atoms with Gasteiger partial charge in [0.1, 0.15) is 5.82 Å². The minimum atomic E-state index is -3.39. The van der Waals surface area contributed by atoms with Gasteiger partial charge in [0.05, 0.1) is 21.8 Å². The highest BCUT2D eigenvalue weighted by Gasteiger charge is 2.31. The molecule has 5 nitrogen and oxygen atoms in total. The van der Waals surface area contributed by atoms with E-state index in [1.165, 1.54) is 0 Å². The monoisotopic (exact) mass is 281 g/mol. The summed E-state index contributed by atoms with van der Waals surface area (Å²) in [5, 5.41) is 0. The molecule has 0 saturated carbocycles. The quantitative estimate of drug-likeness (QED) is 0.906. The number of hydrogen-bond donors (Lipinski definition) is 2. The molecule has 0 fully saturated rings. The van der Waals surface area contributed by atoms with Gasteiger partial charge in [-0.25, -0.2) is 18.1 Å². The number of imidazole rings is 1. The van der Waals surface area contributed by atoms with E-state index >= 15 is 0 Å². The molecule has 1 unspecified atom stereocenters. The second-order valence-electron chi connectivity index (χ2n) is 5.59. The molecular formula is C13H19N3O2S. The van der Waals surface area contributed by atoms with Crippen molar-refractivity contribution < 1.29 is 8.42 Å². The van der Waals surface area contributed by atoms with Crippen LogP contribution in [0.4, 0.5) is 0 Å². The fraction of sp³-hybridized carbons (Fsp3) is 0.462. The summed E-state index contributed by atoms with van der Waals surface area (Å²) >= 11 is 0. The zero-order chi connectivity index (χ0) is 14.3. The van der Waals surface area contributed by atoms with Gasteiger partial charge in [-0.2, -0.15) is 0 Å². The first-order valence-electron chi connectivity index (χ1n) is 6.17. The molecule has 2 aromatic rings. The normalized spacial score (nSPS) is 14.7. The van der Waals surface area contributed by atoms with Gasteiger partial charge in [-0.1, -0.05) is 12.1 Å². The number of fused-ring (bicyclic) bond motifs is 1. The Kier molecular flexibility index (Phi) is 3.40. The van der Waals surface area contributed by atoms with E-state index < -0.39 is 20.8 Å². The van der Waals surface area contributed by atoms with Gasteiger partial charge in [0, 0.05) is 0 Å². The van der Waals surface area contributed by atoms with E-state index in [1.54, 1.807) is 27.7 Å². The Bertz CT molecular complexity index is 650. The summed E-state index contributed by atoms with van der Waals surface area (Å²) < 4.78 is 26.0. The molecule has 0 radical (unpaired) electrons. The van der Waals surface area contributed by atoms with Crippen LogP contribution < -0.4 is 4.72 Å². The second kappa shape index (κ2) is 4.61. The van der Waals surface area contributed by atoms with Gasteiger partial charge >= 0.3 is 0 Å². The number of H-pyrrole nitrogens is 1. The lowest BCUT2D eigenvalue weighted by Gasteiger charge is -2.22. The Labute approximate surface area is 113 Å². The number of benzene rings is 1. The predicted octanol–water partition coefficient (Wildman–Crippen LogP) is 2.34. The Hall–Kier alpha value is -1.40. The molecule has 2 rings (SSSR count). The van der Waals surface area contributed by atoms with Gasteiger partial charge in [0.15, 0.2) is 0 Å². The summed E-state index contributed by atoms with van der Waals surface area (Å²) in [5.74, 6) is 0.619. The van der Waals surface area contributed by atoms with Crippen LogP contribution in [-0.4, -0.2) is 23.1 Å². The maximum absolute atomic E-state index is 12.1. The number of aromatic nitrogens is 2. The van der Waals surface area contributed by atoms with Crippen molar-refractivity contribution >= 4 is 21.1 Å². The molecule has 0 bridgehead atoms. The van der Waals surface area contributed by atoms with Crippen LogP contribution in [0.15, 0.2) is 24.3 Å². The Morgan fingerprint density at radius 1 is 1.26 bits per heavy atom. The first-order valence-corrected chi connectivity index (χ1v) is 7.65. The van der Waals surface area contributed by atoms with Crippen molar-refractivity contribution in [2.24, 2.45) is 0 Å². The summed E-state index contributed by atoms with van der Waals surface area (Å²) in [7, 11) is -3.39. The third kappa shape index (κ3) is 2.79. The average molecular weight is 281 g/mol. The average Bonchev–Trinajstić information content (AvgIpc) is 2.70. The van der Waals surface area contributed by atoms with Crippen LogP contribution in [0.25, 0.3) is 11.0 Å². The van der Waals surface area contributed by atoms with Crippen LogP contribution in [0.5, 0.6) is 0 Å². The van der Waals surface area contributed by atoms with Gasteiger partial charge in [-0.3, -0.25) is 0 Å². The Morgan fingerprint density at radius 3 is 2.47 bits per heavy atom. The molecule has 0 saturated heterocycles. The minimum Gasteiger partial charge on any atom is -0.341 e. The molecule has 104 valence electrons. The number of rotatable bonds is 3. The Morgan fingerprint density at radius 2 is 1.89 bits per heavy atom. The summed E-state index contributed by atoms with van der Waals surface area (Å²) in [6.45, 7) is 6.78. The fourth-order valence-corrected chi connectivity index (χ4v) is 2.57. The van der Waals surface area contributed by atoms with Crippen LogP contribution in [0, 0.1) is 0 Å². The van der Waals surface area contributed by atoms with Crippen molar-refractivity contribution in [2.75, 3.05) is 0 Å². The highest BCUT2D eigenvalue weighted by Crippen LogP contribution is 2.20. The zero-order valence-electron chi connectivity index (χ0n) is 11.6. The third-order valence-corrected chi connectivity index (χ3v) is 5.23. The number of hydrogen-bond acceptors (Lipinski definition) is 3. The van der Waals surface area contributed by atoms with Crippen LogP contribution in [0.3, 0.4) is 0 Å². The lowest BCUT2D eigenvalue weighted by molar-refractivity contribution is 0.528. The molecule has 6 heteroatoms. The van der Waals surface area contributed by atoms with Gasteiger partial charge in [0.25, 0.3) is 0 Å². The Balaban J connectivity index is 2.28. The predicted molar refractivity (Wildman–Crippen MR) is 76.3 cm³/mol. The van der Waals surface area contributed by atoms with E-state index in [4.69, 9.17) is 0 Å². The van der Waals surface area contributed by atoms with E-state index in [-0.39, 0.29) is 0 Å². The largest absolute Gasteiger partial charge is 0.341 e. The van der Waals surface area contributed by atoms with Crippen molar-refractivity contribution in [2.45, 2.75) is 38.5 Å². The van der Waals surface area contributed by atoms with Gasteiger partial charge in [-0.15, -0.1) is 0 Å². The smallest absolute Gasteiger partial charge is 0.217 e. The number of sulfonamides is 1. The lowest BCUT2D eigenvalue weighted by atomic mass is 10.3. The number of aromatic amines is 1. The molecule has 0 spiro atoms. The molecule has 2 N–H and O–H groups in total. The van der Waals surface area contributed by atoms with Crippen molar-refractivity contribution in [3.63, 3.8) is 0 Å². The van der Waals surface area contributed by atoms with Crippen LogP contribution in [0.1, 0.15) is 39.6 Å². The second-order valence-corrected chi connectivity index (χ2v) is 8.06. The fourth-order valence-electron chi connectivity index (χ4n) is 1.64. The van der Waals surface area contributed by atoms with Crippen LogP contribution >= 0.6 is 0 Å². The van der Waals surface area contributed by atoms with Crippen molar-refractivity contribution in [1.29, 1.82) is 0 Å². The molecule has 1 atom stereocenters. The first-order chi connectivity index (χ1) is 8.71. The van der Waals surface area contributed by atoms with E-state index in [1.807, 2.05) is 24.3 Å². The maximum atomic E-state index is 12.1. The molecule has 0 aliphatic rings. The third-order valence-electron chi connectivity index (χ3n) is 2.96. The summed E-state index contributed by atoms with van der Waals surface area (Å²) in [4.78, 5) is 7.53. The molecular weight excluding hydrogens is 262 g/mol.